The zero-order chi connectivity index (χ0) is 11.2. The van der Waals surface area contributed by atoms with Crippen LogP contribution in [0.1, 0.15) is 20.3 Å². The van der Waals surface area contributed by atoms with E-state index in [0.29, 0.717) is 0 Å². The summed E-state index contributed by atoms with van der Waals surface area (Å²) in [7, 11) is -0.805. The van der Waals surface area contributed by atoms with Crippen LogP contribution < -0.4 is 0 Å². The van der Waals surface area contributed by atoms with E-state index in [1.165, 1.54) is 14.2 Å². The third-order valence-electron chi connectivity index (χ3n) is 1.79. The highest BCUT2D eigenvalue weighted by Crippen LogP contribution is 2.46. The molecule has 6 heteroatoms. The molecular formula is C8H17O5P. The van der Waals surface area contributed by atoms with Gasteiger partial charge in [0.2, 0.25) is 0 Å². The summed E-state index contributed by atoms with van der Waals surface area (Å²) in [6, 6.07) is 0. The van der Waals surface area contributed by atoms with Gasteiger partial charge >= 0.3 is 13.6 Å². The summed E-state index contributed by atoms with van der Waals surface area (Å²) in [4.78, 5) is 11.2. The number of carbonyl (C=O) groups is 1. The molecule has 0 aliphatic carbocycles. The molecule has 84 valence electrons. The topological polar surface area (TPSA) is 61.8 Å². The highest BCUT2D eigenvalue weighted by atomic mass is 31.2. The summed E-state index contributed by atoms with van der Waals surface area (Å²) < 4.78 is 25.6. The van der Waals surface area contributed by atoms with Gasteiger partial charge in [0.15, 0.2) is 0 Å². The van der Waals surface area contributed by atoms with Gasteiger partial charge in [0.05, 0.1) is 6.10 Å². The molecule has 1 unspecified atom stereocenters. The fourth-order valence-corrected chi connectivity index (χ4v) is 1.50. The second kappa shape index (κ2) is 6.17. The van der Waals surface area contributed by atoms with E-state index in [0.717, 1.165) is 6.42 Å². The summed E-state index contributed by atoms with van der Waals surface area (Å²) in [5.41, 5.74) is 0. The van der Waals surface area contributed by atoms with Crippen molar-refractivity contribution in [2.24, 2.45) is 0 Å². The SMILES string of the molecule is CCC(C)OC(=O)CP(=O)(OC)OC. The molecule has 0 amide bonds. The van der Waals surface area contributed by atoms with E-state index in [4.69, 9.17) is 4.74 Å². The minimum atomic E-state index is -3.28. The second-order valence-corrected chi connectivity index (χ2v) is 5.11. The van der Waals surface area contributed by atoms with Crippen LogP contribution in [0.4, 0.5) is 0 Å². The largest absolute Gasteiger partial charge is 0.462 e. The molecule has 0 aliphatic rings. The molecule has 0 aromatic carbocycles. The van der Waals surface area contributed by atoms with Gasteiger partial charge in [-0.3, -0.25) is 9.36 Å². The lowest BCUT2D eigenvalue weighted by molar-refractivity contribution is -0.145. The van der Waals surface area contributed by atoms with E-state index in [1.54, 1.807) is 6.92 Å². The van der Waals surface area contributed by atoms with Crippen LogP contribution >= 0.6 is 7.60 Å². The van der Waals surface area contributed by atoms with Gasteiger partial charge < -0.3 is 13.8 Å². The average molecular weight is 224 g/mol. The highest BCUT2D eigenvalue weighted by Gasteiger charge is 2.27. The predicted octanol–water partition coefficient (Wildman–Crippen LogP) is 1.81. The summed E-state index contributed by atoms with van der Waals surface area (Å²) >= 11 is 0. The fraction of sp³-hybridized carbons (Fsp3) is 0.875. The monoisotopic (exact) mass is 224 g/mol. The van der Waals surface area contributed by atoms with Crippen LogP contribution in [0, 0.1) is 0 Å². The van der Waals surface area contributed by atoms with Crippen molar-refractivity contribution in [3.8, 4) is 0 Å². The van der Waals surface area contributed by atoms with Gasteiger partial charge in [-0.05, 0) is 13.3 Å². The lowest BCUT2D eigenvalue weighted by Gasteiger charge is -2.15. The van der Waals surface area contributed by atoms with Gasteiger partial charge in [-0.25, -0.2) is 0 Å². The molecule has 14 heavy (non-hydrogen) atoms. The van der Waals surface area contributed by atoms with Crippen LogP contribution in [0.25, 0.3) is 0 Å². The molecular weight excluding hydrogens is 207 g/mol. The number of ether oxygens (including phenoxy) is 1. The summed E-state index contributed by atoms with van der Waals surface area (Å²) in [5.74, 6) is -0.564. The maximum Gasteiger partial charge on any atom is 0.341 e. The first-order valence-corrected chi connectivity index (χ1v) is 6.10. The van der Waals surface area contributed by atoms with Gasteiger partial charge in [0, 0.05) is 14.2 Å². The Bertz CT molecular complexity index is 220. The van der Waals surface area contributed by atoms with Crippen molar-refractivity contribution < 1.29 is 23.1 Å². The number of rotatable bonds is 6. The molecule has 0 saturated carbocycles. The Morgan fingerprint density at radius 1 is 1.36 bits per heavy atom. The van der Waals surface area contributed by atoms with Crippen LogP contribution in [0.15, 0.2) is 0 Å². The van der Waals surface area contributed by atoms with Crippen LogP contribution in [0.5, 0.6) is 0 Å². The quantitative estimate of drug-likeness (QED) is 0.508. The predicted molar refractivity (Wildman–Crippen MR) is 52.3 cm³/mol. The summed E-state index contributed by atoms with van der Waals surface area (Å²) in [6.45, 7) is 3.66. The standard InChI is InChI=1S/C8H17O5P/c1-5-7(2)13-8(9)6-14(10,11-3)12-4/h7H,5-6H2,1-4H3. The van der Waals surface area contributed by atoms with Crippen molar-refractivity contribution in [3.63, 3.8) is 0 Å². The normalized spacial score (nSPS) is 13.7. The Balaban J connectivity index is 4.11. The number of hydrogen-bond acceptors (Lipinski definition) is 5. The minimum absolute atomic E-state index is 0.176. The third-order valence-corrected chi connectivity index (χ3v) is 3.54. The second-order valence-electron chi connectivity index (χ2n) is 2.84. The van der Waals surface area contributed by atoms with Gasteiger partial charge in [-0.2, -0.15) is 0 Å². The number of carbonyl (C=O) groups excluding carboxylic acids is 1. The molecule has 1 atom stereocenters. The molecule has 0 rings (SSSR count). The Kier molecular flexibility index (Phi) is 6.00. The van der Waals surface area contributed by atoms with Gasteiger partial charge in [0.1, 0.15) is 6.16 Å². The zero-order valence-corrected chi connectivity index (χ0v) is 9.87. The molecule has 0 N–H and O–H groups in total. The lowest BCUT2D eigenvalue weighted by Crippen LogP contribution is -2.17. The molecule has 0 heterocycles. The molecule has 0 fully saturated rings. The Hall–Kier alpha value is -0.380. The molecule has 0 aromatic rings. The smallest absolute Gasteiger partial charge is 0.341 e. The van der Waals surface area contributed by atoms with E-state index < -0.39 is 13.6 Å². The summed E-state index contributed by atoms with van der Waals surface area (Å²) in [6.07, 6.45) is 0.199. The molecule has 0 aliphatic heterocycles. The lowest BCUT2D eigenvalue weighted by atomic mass is 10.3. The van der Waals surface area contributed by atoms with Gasteiger partial charge in [0.25, 0.3) is 0 Å². The first kappa shape index (κ1) is 13.6. The fourth-order valence-electron chi connectivity index (χ4n) is 0.707. The molecule has 0 bridgehead atoms. The maximum atomic E-state index is 11.5. The average Bonchev–Trinajstić information content (AvgIpc) is 2.17. The van der Waals surface area contributed by atoms with Crippen molar-refractivity contribution in [1.82, 2.24) is 0 Å². The van der Waals surface area contributed by atoms with Crippen LogP contribution in [0.3, 0.4) is 0 Å². The molecule has 0 saturated heterocycles. The maximum absolute atomic E-state index is 11.5. The van der Waals surface area contributed by atoms with Crippen LogP contribution in [-0.2, 0) is 23.1 Å². The van der Waals surface area contributed by atoms with Gasteiger partial charge in [-0.1, -0.05) is 6.92 Å². The number of hydrogen-bond donors (Lipinski definition) is 0. The first-order valence-electron chi connectivity index (χ1n) is 4.37. The van der Waals surface area contributed by atoms with E-state index in [2.05, 4.69) is 9.05 Å². The zero-order valence-electron chi connectivity index (χ0n) is 8.98. The molecule has 0 aromatic heterocycles. The van der Waals surface area contributed by atoms with Crippen molar-refractivity contribution in [3.05, 3.63) is 0 Å². The van der Waals surface area contributed by atoms with E-state index in [9.17, 15) is 9.36 Å². The first-order chi connectivity index (χ1) is 6.47. The van der Waals surface area contributed by atoms with E-state index in [1.807, 2.05) is 6.92 Å². The van der Waals surface area contributed by atoms with Crippen LogP contribution in [0.2, 0.25) is 0 Å². The van der Waals surface area contributed by atoms with Crippen molar-refractivity contribution in [2.75, 3.05) is 20.4 Å². The van der Waals surface area contributed by atoms with Crippen molar-refractivity contribution >= 4 is 13.6 Å². The summed E-state index contributed by atoms with van der Waals surface area (Å²) in [5, 5.41) is 0. The third kappa shape index (κ3) is 4.74. The van der Waals surface area contributed by atoms with E-state index in [-0.39, 0.29) is 12.3 Å². The highest BCUT2D eigenvalue weighted by molar-refractivity contribution is 7.54. The molecule has 0 spiro atoms. The van der Waals surface area contributed by atoms with Crippen molar-refractivity contribution in [2.45, 2.75) is 26.4 Å². The number of esters is 1. The van der Waals surface area contributed by atoms with Gasteiger partial charge in [-0.15, -0.1) is 0 Å². The molecule has 0 radical (unpaired) electrons. The van der Waals surface area contributed by atoms with Crippen molar-refractivity contribution in [1.29, 1.82) is 0 Å². The Morgan fingerprint density at radius 2 is 1.86 bits per heavy atom. The minimum Gasteiger partial charge on any atom is -0.462 e. The Labute approximate surface area is 84.3 Å². The molecule has 5 nitrogen and oxygen atoms in total. The Morgan fingerprint density at radius 3 is 2.21 bits per heavy atom. The van der Waals surface area contributed by atoms with E-state index >= 15 is 0 Å². The van der Waals surface area contributed by atoms with Crippen LogP contribution in [-0.4, -0.2) is 32.5 Å².